The summed E-state index contributed by atoms with van der Waals surface area (Å²) in [7, 11) is 2.59. The Hall–Kier alpha value is -3.97. The number of rotatable bonds is 7. The number of fused-ring (bicyclic) bond motifs is 1. The van der Waals surface area contributed by atoms with Crippen LogP contribution in [0.5, 0.6) is 0 Å². The van der Waals surface area contributed by atoms with Gasteiger partial charge in [-0.3, -0.25) is 9.69 Å². The summed E-state index contributed by atoms with van der Waals surface area (Å²) in [4.78, 5) is 28.6. The van der Waals surface area contributed by atoms with Crippen molar-refractivity contribution < 1.29 is 14.6 Å². The fourth-order valence-corrected chi connectivity index (χ4v) is 5.14. The summed E-state index contributed by atoms with van der Waals surface area (Å²) >= 11 is 0. The van der Waals surface area contributed by atoms with Crippen molar-refractivity contribution in [3.8, 4) is 0 Å². The number of hydrogen-bond acceptors (Lipinski definition) is 4. The maximum Gasteiger partial charge on any atom is 0.239 e. The molecule has 210 valence electrons. The quantitative estimate of drug-likeness (QED) is 0.330. The monoisotopic (exact) mass is 541 g/mol. The number of benzene rings is 2. The van der Waals surface area contributed by atoms with Gasteiger partial charge >= 0.3 is 0 Å². The van der Waals surface area contributed by atoms with Gasteiger partial charge in [0.15, 0.2) is 7.11 Å². The molecule has 2 aliphatic rings. The number of carbonyl (C=O) groups is 1. The predicted molar refractivity (Wildman–Crippen MR) is 163 cm³/mol. The number of aromatic nitrogens is 1. The number of likely N-dealkylation sites (tertiary alicyclic amines) is 1. The van der Waals surface area contributed by atoms with E-state index in [1.807, 2.05) is 19.9 Å². The Balaban J connectivity index is 0.000000681. The molecule has 1 saturated heterocycles. The molecule has 3 aromatic rings. The lowest BCUT2D eigenvalue weighted by Crippen LogP contribution is -2.32. The summed E-state index contributed by atoms with van der Waals surface area (Å²) in [6.45, 7) is 6.98. The van der Waals surface area contributed by atoms with Crippen LogP contribution < -0.4 is 5.32 Å². The van der Waals surface area contributed by atoms with Crippen LogP contribution in [0, 0.1) is 10.8 Å². The van der Waals surface area contributed by atoms with Gasteiger partial charge in [-0.25, -0.2) is 4.84 Å². The molecule has 1 aliphatic carbocycles. The number of allylic oxidation sites excluding steroid dienone is 6. The van der Waals surface area contributed by atoms with Crippen molar-refractivity contribution in [3.63, 3.8) is 0 Å². The fourth-order valence-electron chi connectivity index (χ4n) is 5.14. The third kappa shape index (κ3) is 7.57. The van der Waals surface area contributed by atoms with Gasteiger partial charge in [0, 0.05) is 35.4 Å². The fraction of sp³-hybridized carbons (Fsp3) is 0.364. The molecule has 0 atom stereocenters. The van der Waals surface area contributed by atoms with E-state index in [4.69, 9.17) is 0 Å². The largest absolute Gasteiger partial charge is 0.326 e. The molecule has 1 aromatic heterocycles. The molecule has 1 N–H and O–H groups in total. The van der Waals surface area contributed by atoms with Crippen LogP contribution in [0.25, 0.3) is 16.6 Å². The molecule has 7 nitrogen and oxygen atoms in total. The lowest BCUT2D eigenvalue weighted by molar-refractivity contribution is -0.776. The minimum Gasteiger partial charge on any atom is -0.326 e. The molecule has 0 spiro atoms. The maximum absolute atomic E-state index is 12.1. The summed E-state index contributed by atoms with van der Waals surface area (Å²) < 4.78 is 2.33. The standard InChI is InChI=1S/C31H35N3O.C2H6NO2/c1-23(2)31(35)32-27-11-9-10-25(20-27)24-16-18-33(19-17-24)21-26-22-34(28-12-5-3-4-6-13-28)30-15-8-7-14-29(26)30;1-3(4)5-2/h3,5-15,20,22-24H,4,16-19,21H2,1-2H3,(H,32,35);1-2H3/q;+1. The average Bonchev–Trinajstić information content (AvgIpc) is 3.12. The van der Waals surface area contributed by atoms with Crippen LogP contribution in [0.1, 0.15) is 50.2 Å². The number of nitrogens with zero attached hydrogens (tertiary/aromatic N) is 3. The minimum absolute atomic E-state index is 0.0147. The Labute approximate surface area is 237 Å². The molecule has 0 radical (unpaired) electrons. The van der Waals surface area contributed by atoms with E-state index in [1.54, 1.807) is 0 Å². The summed E-state index contributed by atoms with van der Waals surface area (Å²) in [5.41, 5.74) is 6.12. The Morgan fingerprint density at radius 3 is 2.58 bits per heavy atom. The summed E-state index contributed by atoms with van der Waals surface area (Å²) in [6.07, 6.45) is 16.6. The second-order valence-electron chi connectivity index (χ2n) is 10.6. The Bertz CT molecular complexity index is 1410. The van der Waals surface area contributed by atoms with Crippen molar-refractivity contribution in [2.24, 2.45) is 5.92 Å². The molecule has 2 aromatic carbocycles. The number of anilines is 1. The van der Waals surface area contributed by atoms with E-state index < -0.39 is 0 Å². The Kier molecular flexibility index (Phi) is 10.1. The second-order valence-corrected chi connectivity index (χ2v) is 10.6. The third-order valence-corrected chi connectivity index (χ3v) is 7.43. The number of carbonyl (C=O) groups excluding carboxylic acids is 1. The highest BCUT2D eigenvalue weighted by Crippen LogP contribution is 2.32. The van der Waals surface area contributed by atoms with Crippen LogP contribution in [0.3, 0.4) is 0 Å². The van der Waals surface area contributed by atoms with E-state index in [9.17, 15) is 9.70 Å². The molecule has 0 saturated carbocycles. The maximum atomic E-state index is 12.1. The lowest BCUT2D eigenvalue weighted by Gasteiger charge is -2.32. The van der Waals surface area contributed by atoms with E-state index in [0.717, 1.165) is 44.6 Å². The first-order valence-corrected chi connectivity index (χ1v) is 14.1. The van der Waals surface area contributed by atoms with Crippen molar-refractivity contribution in [2.75, 3.05) is 32.6 Å². The van der Waals surface area contributed by atoms with Crippen molar-refractivity contribution in [1.82, 2.24) is 9.47 Å². The van der Waals surface area contributed by atoms with Crippen molar-refractivity contribution >= 4 is 28.2 Å². The molecule has 2 heterocycles. The van der Waals surface area contributed by atoms with Gasteiger partial charge in [0.2, 0.25) is 17.9 Å². The van der Waals surface area contributed by atoms with Crippen LogP contribution in [-0.4, -0.2) is 47.5 Å². The zero-order valence-corrected chi connectivity index (χ0v) is 24.0. The molecule has 5 rings (SSSR count). The van der Waals surface area contributed by atoms with E-state index in [0.29, 0.717) is 10.8 Å². The van der Waals surface area contributed by atoms with Crippen molar-refractivity contribution in [2.45, 2.75) is 45.6 Å². The SMILES string of the molecule is CC(C)C(=O)Nc1cccc(C2CCN(Cc3cn(C4=CC=CCC=C4)c4ccccc34)CC2)c1.CO[N+](C)=O. The van der Waals surface area contributed by atoms with E-state index >= 15 is 0 Å². The average molecular weight is 542 g/mol. The van der Waals surface area contributed by atoms with Gasteiger partial charge in [-0.1, -0.05) is 62.4 Å². The van der Waals surface area contributed by atoms with Gasteiger partial charge in [0.05, 0.1) is 10.4 Å². The van der Waals surface area contributed by atoms with Gasteiger partial charge in [-0.05, 0) is 79.7 Å². The van der Waals surface area contributed by atoms with Crippen LogP contribution >= 0.6 is 0 Å². The first kappa shape index (κ1) is 29.0. The molecule has 7 heteroatoms. The lowest BCUT2D eigenvalue weighted by atomic mass is 9.89. The van der Waals surface area contributed by atoms with E-state index in [1.165, 1.54) is 41.9 Å². The zero-order chi connectivity index (χ0) is 28.5. The molecular weight excluding hydrogens is 500 g/mol. The summed E-state index contributed by atoms with van der Waals surface area (Å²) in [5.74, 6) is 0.595. The number of hydrogen-bond donors (Lipinski definition) is 1. The first-order valence-electron chi connectivity index (χ1n) is 14.1. The topological polar surface area (TPSA) is 66.6 Å². The van der Waals surface area contributed by atoms with Crippen LogP contribution in [0.15, 0.2) is 85.1 Å². The second kappa shape index (κ2) is 13.9. The summed E-state index contributed by atoms with van der Waals surface area (Å²) in [6, 6.07) is 17.2. The van der Waals surface area contributed by atoms with Gasteiger partial charge in [-0.2, -0.15) is 0 Å². The molecular formula is C33H41N4O3+. The van der Waals surface area contributed by atoms with Crippen LogP contribution in [-0.2, 0) is 16.2 Å². The molecule has 1 amide bonds. The van der Waals surface area contributed by atoms with E-state index in [2.05, 4.69) is 98.7 Å². The predicted octanol–water partition coefficient (Wildman–Crippen LogP) is 6.93. The van der Waals surface area contributed by atoms with Gasteiger partial charge in [-0.15, -0.1) is 0 Å². The van der Waals surface area contributed by atoms with Gasteiger partial charge in [0.25, 0.3) is 0 Å². The first-order chi connectivity index (χ1) is 19.4. The van der Waals surface area contributed by atoms with Crippen LogP contribution in [0.2, 0.25) is 0 Å². The molecule has 0 bridgehead atoms. The highest BCUT2D eigenvalue weighted by Gasteiger charge is 2.22. The number of piperidine rings is 1. The molecule has 0 unspecified atom stereocenters. The summed E-state index contributed by atoms with van der Waals surface area (Å²) in [5, 5.41) is 4.39. The van der Waals surface area contributed by atoms with E-state index in [-0.39, 0.29) is 11.8 Å². The third-order valence-electron chi connectivity index (χ3n) is 7.43. The normalized spacial score (nSPS) is 15.8. The molecule has 1 fully saturated rings. The smallest absolute Gasteiger partial charge is 0.239 e. The van der Waals surface area contributed by atoms with Crippen molar-refractivity contribution in [1.29, 1.82) is 0 Å². The number of nitrogens with one attached hydrogen (secondary N) is 1. The van der Waals surface area contributed by atoms with Crippen molar-refractivity contribution in [3.05, 3.63) is 101 Å². The molecule has 1 aliphatic heterocycles. The van der Waals surface area contributed by atoms with Gasteiger partial charge < -0.3 is 9.88 Å². The highest BCUT2D eigenvalue weighted by atomic mass is 16.7. The van der Waals surface area contributed by atoms with Gasteiger partial charge in [0.1, 0.15) is 0 Å². The number of para-hydroxylation sites is 1. The zero-order valence-electron chi connectivity index (χ0n) is 24.0. The highest BCUT2D eigenvalue weighted by molar-refractivity contribution is 5.92. The Morgan fingerprint density at radius 2 is 1.85 bits per heavy atom. The Morgan fingerprint density at radius 1 is 1.10 bits per heavy atom. The number of amides is 1. The molecule has 40 heavy (non-hydrogen) atoms. The minimum atomic E-state index is -0.0147. The van der Waals surface area contributed by atoms with Crippen LogP contribution in [0.4, 0.5) is 5.69 Å².